The van der Waals surface area contributed by atoms with Crippen molar-refractivity contribution < 1.29 is 14.5 Å². The molecule has 7 nitrogen and oxygen atoms in total. The Labute approximate surface area is 149 Å². The van der Waals surface area contributed by atoms with Gasteiger partial charge in [0.25, 0.3) is 11.6 Å². The average molecular weight is 362 g/mol. The van der Waals surface area contributed by atoms with Crippen LogP contribution < -0.4 is 10.2 Å². The molecule has 1 amide bonds. The van der Waals surface area contributed by atoms with Gasteiger partial charge in [-0.3, -0.25) is 14.9 Å². The zero-order valence-electron chi connectivity index (χ0n) is 13.7. The van der Waals surface area contributed by atoms with Gasteiger partial charge in [0, 0.05) is 11.6 Å². The second-order valence-corrected chi connectivity index (χ2v) is 5.66. The number of hydrogen-bond acceptors (Lipinski definition) is 5. The summed E-state index contributed by atoms with van der Waals surface area (Å²) in [5, 5.41) is 14.6. The molecule has 2 rings (SSSR count). The average Bonchev–Trinajstić information content (AvgIpc) is 2.57. The number of nitrogens with zero attached hydrogens (tertiary/aromatic N) is 2. The standard InChI is InChI=1S/C17H16ClN3O4/c1-11-4-3-5-16(12(11)2)25-10-17(22)20-19-9-13-6-7-14(18)15(8-13)21(23)24/h3-9H,10H2,1-2H3,(H,20,22)/b19-9-. The lowest BCUT2D eigenvalue weighted by molar-refractivity contribution is -0.384. The Hall–Kier alpha value is -2.93. The Balaban J connectivity index is 1.91. The van der Waals surface area contributed by atoms with Crippen molar-refractivity contribution in [1.29, 1.82) is 0 Å². The van der Waals surface area contributed by atoms with Gasteiger partial charge < -0.3 is 4.74 Å². The van der Waals surface area contributed by atoms with Crippen molar-refractivity contribution in [2.24, 2.45) is 5.10 Å². The summed E-state index contributed by atoms with van der Waals surface area (Å²) < 4.78 is 5.46. The summed E-state index contributed by atoms with van der Waals surface area (Å²) in [6.07, 6.45) is 1.29. The van der Waals surface area contributed by atoms with E-state index in [1.165, 1.54) is 18.3 Å². The van der Waals surface area contributed by atoms with E-state index in [4.69, 9.17) is 16.3 Å². The lowest BCUT2D eigenvalue weighted by atomic mass is 10.1. The summed E-state index contributed by atoms with van der Waals surface area (Å²) in [6.45, 7) is 3.68. The van der Waals surface area contributed by atoms with Gasteiger partial charge in [-0.1, -0.05) is 29.8 Å². The number of aryl methyl sites for hydroxylation is 1. The predicted molar refractivity (Wildman–Crippen MR) is 95.3 cm³/mol. The molecule has 8 heteroatoms. The van der Waals surface area contributed by atoms with E-state index in [2.05, 4.69) is 10.5 Å². The number of rotatable bonds is 6. The monoisotopic (exact) mass is 361 g/mol. The number of ether oxygens (including phenoxy) is 1. The van der Waals surface area contributed by atoms with Gasteiger partial charge in [-0.05, 0) is 37.1 Å². The molecule has 0 aliphatic rings. The third-order valence-electron chi connectivity index (χ3n) is 3.48. The van der Waals surface area contributed by atoms with Gasteiger partial charge in [0.05, 0.1) is 11.1 Å². The molecule has 0 aliphatic heterocycles. The Kier molecular flexibility index (Phi) is 6.08. The number of nitrogens with one attached hydrogen (secondary N) is 1. The summed E-state index contributed by atoms with van der Waals surface area (Å²) in [5.41, 5.74) is 4.55. The minimum absolute atomic E-state index is 0.0353. The molecule has 2 aromatic carbocycles. The molecule has 130 valence electrons. The zero-order chi connectivity index (χ0) is 18.4. The van der Waals surface area contributed by atoms with Gasteiger partial charge in [-0.2, -0.15) is 5.10 Å². The normalized spacial score (nSPS) is 10.7. The second kappa shape index (κ2) is 8.25. The first-order valence-corrected chi connectivity index (χ1v) is 7.71. The van der Waals surface area contributed by atoms with Gasteiger partial charge in [0.2, 0.25) is 0 Å². The van der Waals surface area contributed by atoms with Crippen LogP contribution in [0.15, 0.2) is 41.5 Å². The highest BCUT2D eigenvalue weighted by molar-refractivity contribution is 6.32. The number of carbonyl (C=O) groups is 1. The van der Waals surface area contributed by atoms with Crippen molar-refractivity contribution in [2.75, 3.05) is 6.61 Å². The van der Waals surface area contributed by atoms with E-state index in [-0.39, 0.29) is 17.3 Å². The maximum absolute atomic E-state index is 11.8. The Morgan fingerprint density at radius 3 is 2.84 bits per heavy atom. The summed E-state index contributed by atoms with van der Waals surface area (Å²) in [6, 6.07) is 9.80. The van der Waals surface area contributed by atoms with Crippen molar-refractivity contribution in [3.8, 4) is 5.75 Å². The highest BCUT2D eigenvalue weighted by atomic mass is 35.5. The first-order valence-electron chi connectivity index (χ1n) is 7.33. The molecule has 0 fully saturated rings. The minimum atomic E-state index is -0.587. The summed E-state index contributed by atoms with van der Waals surface area (Å²) >= 11 is 5.73. The van der Waals surface area contributed by atoms with Crippen molar-refractivity contribution in [3.63, 3.8) is 0 Å². The quantitative estimate of drug-likeness (QED) is 0.484. The lowest BCUT2D eigenvalue weighted by Crippen LogP contribution is -2.24. The number of halogens is 1. The largest absolute Gasteiger partial charge is 0.483 e. The third-order valence-corrected chi connectivity index (χ3v) is 3.80. The van der Waals surface area contributed by atoms with E-state index in [1.807, 2.05) is 26.0 Å². The van der Waals surface area contributed by atoms with Crippen LogP contribution >= 0.6 is 11.6 Å². The number of hydrogen-bond donors (Lipinski definition) is 1. The molecular formula is C17H16ClN3O4. The van der Waals surface area contributed by atoms with Crippen molar-refractivity contribution in [1.82, 2.24) is 5.43 Å². The first-order chi connectivity index (χ1) is 11.9. The van der Waals surface area contributed by atoms with Gasteiger partial charge in [-0.15, -0.1) is 0 Å². The van der Waals surface area contributed by atoms with E-state index < -0.39 is 10.8 Å². The molecule has 0 saturated carbocycles. The fraction of sp³-hybridized carbons (Fsp3) is 0.176. The molecule has 0 unspecified atom stereocenters. The lowest BCUT2D eigenvalue weighted by Gasteiger charge is -2.09. The van der Waals surface area contributed by atoms with Crippen LogP contribution in [0, 0.1) is 24.0 Å². The zero-order valence-corrected chi connectivity index (χ0v) is 14.4. The molecule has 0 saturated heterocycles. The summed E-state index contributed by atoms with van der Waals surface area (Å²) in [5.74, 6) is 0.188. The van der Waals surface area contributed by atoms with Crippen LogP contribution in [-0.2, 0) is 4.79 Å². The number of nitro benzene ring substituents is 1. The topological polar surface area (TPSA) is 93.8 Å². The number of hydrazone groups is 1. The van der Waals surface area contributed by atoms with E-state index in [0.29, 0.717) is 11.3 Å². The maximum atomic E-state index is 11.8. The fourth-order valence-electron chi connectivity index (χ4n) is 1.98. The fourth-order valence-corrected chi connectivity index (χ4v) is 2.17. The summed E-state index contributed by atoms with van der Waals surface area (Å²) in [4.78, 5) is 22.0. The molecule has 0 heterocycles. The third kappa shape index (κ3) is 5.02. The van der Waals surface area contributed by atoms with E-state index in [1.54, 1.807) is 12.1 Å². The van der Waals surface area contributed by atoms with Crippen molar-refractivity contribution in [3.05, 3.63) is 68.2 Å². The highest BCUT2D eigenvalue weighted by Crippen LogP contribution is 2.24. The van der Waals surface area contributed by atoms with Crippen LogP contribution in [0.5, 0.6) is 5.75 Å². The highest BCUT2D eigenvalue weighted by Gasteiger charge is 2.12. The van der Waals surface area contributed by atoms with Gasteiger partial charge in [0.1, 0.15) is 10.8 Å². The number of amides is 1. The number of benzene rings is 2. The van der Waals surface area contributed by atoms with Crippen LogP contribution in [-0.4, -0.2) is 23.7 Å². The number of carbonyl (C=O) groups excluding carboxylic acids is 1. The van der Waals surface area contributed by atoms with Crippen LogP contribution in [0.2, 0.25) is 5.02 Å². The van der Waals surface area contributed by atoms with Crippen LogP contribution in [0.3, 0.4) is 0 Å². The molecule has 25 heavy (non-hydrogen) atoms. The molecule has 0 spiro atoms. The van der Waals surface area contributed by atoms with Gasteiger partial charge >= 0.3 is 0 Å². The minimum Gasteiger partial charge on any atom is -0.483 e. The Morgan fingerprint density at radius 2 is 2.12 bits per heavy atom. The SMILES string of the molecule is Cc1cccc(OCC(=O)N/N=C\c2ccc(Cl)c([N+](=O)[O-])c2)c1C. The van der Waals surface area contributed by atoms with Gasteiger partial charge in [0.15, 0.2) is 6.61 Å². The first kappa shape index (κ1) is 18.4. The van der Waals surface area contributed by atoms with E-state index in [9.17, 15) is 14.9 Å². The predicted octanol–water partition coefficient (Wildman–Crippen LogP) is 3.39. The molecule has 0 aliphatic carbocycles. The molecule has 0 atom stereocenters. The molecule has 0 aromatic heterocycles. The van der Waals surface area contributed by atoms with E-state index >= 15 is 0 Å². The van der Waals surface area contributed by atoms with E-state index in [0.717, 1.165) is 11.1 Å². The smallest absolute Gasteiger partial charge is 0.288 e. The molecule has 2 aromatic rings. The molecular weight excluding hydrogens is 346 g/mol. The Bertz CT molecular complexity index is 837. The second-order valence-electron chi connectivity index (χ2n) is 5.25. The van der Waals surface area contributed by atoms with Crippen LogP contribution in [0.4, 0.5) is 5.69 Å². The van der Waals surface area contributed by atoms with Crippen LogP contribution in [0.25, 0.3) is 0 Å². The van der Waals surface area contributed by atoms with Gasteiger partial charge in [-0.25, -0.2) is 5.43 Å². The van der Waals surface area contributed by atoms with Crippen molar-refractivity contribution in [2.45, 2.75) is 13.8 Å². The van der Waals surface area contributed by atoms with Crippen molar-refractivity contribution >= 4 is 29.4 Å². The van der Waals surface area contributed by atoms with Crippen LogP contribution in [0.1, 0.15) is 16.7 Å². The maximum Gasteiger partial charge on any atom is 0.288 e. The Morgan fingerprint density at radius 1 is 1.36 bits per heavy atom. The molecule has 1 N–H and O–H groups in total. The molecule has 0 bridgehead atoms. The number of nitro groups is 1. The summed E-state index contributed by atoms with van der Waals surface area (Å²) in [7, 11) is 0. The molecule has 0 radical (unpaired) electrons.